The normalized spacial score (nSPS) is 11.9. The van der Waals surface area contributed by atoms with Gasteiger partial charge < -0.3 is 0 Å². The summed E-state index contributed by atoms with van der Waals surface area (Å²) in [6.07, 6.45) is 0.529. The number of hydrogen-bond donors (Lipinski definition) is 0. The number of carbonyl (C=O) groups excluding carboxylic acids is 1. The lowest BCUT2D eigenvalue weighted by atomic mass is 9.94. The third kappa shape index (κ3) is 2.37. The minimum Gasteiger partial charge on any atom is -0.293 e. The highest BCUT2D eigenvalue weighted by molar-refractivity contribution is 6.31. The maximum absolute atomic E-state index is 11.9. The molecule has 1 aromatic carbocycles. The third-order valence-corrected chi connectivity index (χ3v) is 2.82. The first-order valence-corrected chi connectivity index (χ1v) is 5.18. The predicted octanol–water partition coefficient (Wildman–Crippen LogP) is 3.38. The Morgan fingerprint density at radius 2 is 2.27 bits per heavy atom. The smallest absolute Gasteiger partial charge is 0.180 e. The van der Waals surface area contributed by atoms with Gasteiger partial charge in [0.15, 0.2) is 5.78 Å². The molecule has 0 radical (unpaired) electrons. The van der Waals surface area contributed by atoms with Crippen LogP contribution in [0.25, 0.3) is 0 Å². The van der Waals surface area contributed by atoms with E-state index in [1.807, 2.05) is 13.0 Å². The molecule has 1 rings (SSSR count). The maximum Gasteiger partial charge on any atom is 0.180 e. The molecule has 0 saturated carbocycles. The molecule has 1 aromatic rings. The highest BCUT2D eigenvalue weighted by Crippen LogP contribution is 2.22. The number of Topliss-reactive ketones (excluding diaryl/α,β-unsaturated/α-hetero) is 1. The zero-order chi connectivity index (χ0) is 11.4. The summed E-state index contributed by atoms with van der Waals surface area (Å²) in [6.45, 7) is 3.62. The quantitative estimate of drug-likeness (QED) is 0.735. The van der Waals surface area contributed by atoms with Crippen LogP contribution in [-0.2, 0) is 0 Å². The molecule has 0 spiro atoms. The van der Waals surface area contributed by atoms with Crippen LogP contribution >= 0.6 is 11.6 Å². The summed E-state index contributed by atoms with van der Waals surface area (Å²) in [7, 11) is 0. The van der Waals surface area contributed by atoms with E-state index in [1.165, 1.54) is 0 Å². The van der Waals surface area contributed by atoms with Gasteiger partial charge in [-0.15, -0.1) is 0 Å². The van der Waals surface area contributed by atoms with Gasteiger partial charge in [-0.25, -0.2) is 0 Å². The SMILES string of the molecule is CCC(C#N)C(=O)c1cccc(Cl)c1C. The molecule has 0 amide bonds. The molecule has 0 aliphatic rings. The second-order valence-corrected chi connectivity index (χ2v) is 3.77. The molecular formula is C12H12ClNO. The average Bonchev–Trinajstić information content (AvgIpc) is 2.23. The van der Waals surface area contributed by atoms with Crippen LogP contribution in [0, 0.1) is 24.2 Å². The molecule has 1 atom stereocenters. The van der Waals surface area contributed by atoms with Crippen molar-refractivity contribution in [2.75, 3.05) is 0 Å². The molecule has 3 heteroatoms. The van der Waals surface area contributed by atoms with Crippen LogP contribution in [0.15, 0.2) is 18.2 Å². The van der Waals surface area contributed by atoms with Crippen molar-refractivity contribution in [3.05, 3.63) is 34.3 Å². The predicted molar refractivity (Wildman–Crippen MR) is 59.9 cm³/mol. The standard InChI is InChI=1S/C12H12ClNO/c1-3-9(7-14)12(15)10-5-4-6-11(13)8(10)2/h4-6,9H,3H2,1-2H3. The number of rotatable bonds is 3. The summed E-state index contributed by atoms with van der Waals surface area (Å²) < 4.78 is 0. The van der Waals surface area contributed by atoms with Crippen molar-refractivity contribution in [3.8, 4) is 6.07 Å². The summed E-state index contributed by atoms with van der Waals surface area (Å²) in [5.41, 5.74) is 1.30. The number of hydrogen-bond acceptors (Lipinski definition) is 2. The Morgan fingerprint density at radius 3 is 2.80 bits per heavy atom. The Labute approximate surface area is 94.5 Å². The summed E-state index contributed by atoms with van der Waals surface area (Å²) in [6, 6.07) is 7.18. The van der Waals surface area contributed by atoms with Gasteiger partial charge in [0.1, 0.15) is 5.92 Å². The highest BCUT2D eigenvalue weighted by Gasteiger charge is 2.19. The monoisotopic (exact) mass is 221 g/mol. The highest BCUT2D eigenvalue weighted by atomic mass is 35.5. The molecule has 0 aromatic heterocycles. The average molecular weight is 222 g/mol. The second-order valence-electron chi connectivity index (χ2n) is 3.37. The van der Waals surface area contributed by atoms with Crippen molar-refractivity contribution in [2.45, 2.75) is 20.3 Å². The number of halogens is 1. The molecule has 0 fully saturated rings. The minimum absolute atomic E-state index is 0.139. The van der Waals surface area contributed by atoms with E-state index in [9.17, 15) is 4.79 Å². The van der Waals surface area contributed by atoms with Crippen molar-refractivity contribution in [1.29, 1.82) is 5.26 Å². The Kier molecular flexibility index (Phi) is 3.88. The van der Waals surface area contributed by atoms with Crippen molar-refractivity contribution >= 4 is 17.4 Å². The lowest BCUT2D eigenvalue weighted by Crippen LogP contribution is -2.13. The summed E-state index contributed by atoms with van der Waals surface area (Å²) in [5, 5.41) is 9.38. The van der Waals surface area contributed by atoms with Crippen LogP contribution in [0.1, 0.15) is 29.3 Å². The van der Waals surface area contributed by atoms with Crippen molar-refractivity contribution in [2.24, 2.45) is 5.92 Å². The van der Waals surface area contributed by atoms with Crippen LogP contribution in [0.4, 0.5) is 0 Å². The summed E-state index contributed by atoms with van der Waals surface area (Å²) in [5.74, 6) is -0.706. The van der Waals surface area contributed by atoms with Crippen molar-refractivity contribution in [1.82, 2.24) is 0 Å². The lowest BCUT2D eigenvalue weighted by Gasteiger charge is -2.08. The lowest BCUT2D eigenvalue weighted by molar-refractivity contribution is 0.0946. The molecule has 0 saturated heterocycles. The zero-order valence-corrected chi connectivity index (χ0v) is 9.51. The largest absolute Gasteiger partial charge is 0.293 e. The Morgan fingerprint density at radius 1 is 1.60 bits per heavy atom. The number of nitrogens with zero attached hydrogens (tertiary/aromatic N) is 1. The van der Waals surface area contributed by atoms with E-state index in [1.54, 1.807) is 25.1 Å². The number of carbonyl (C=O) groups is 1. The van der Waals surface area contributed by atoms with Crippen LogP contribution in [-0.4, -0.2) is 5.78 Å². The van der Waals surface area contributed by atoms with Gasteiger partial charge in [-0.3, -0.25) is 4.79 Å². The molecule has 1 unspecified atom stereocenters. The Balaban J connectivity index is 3.13. The fraction of sp³-hybridized carbons (Fsp3) is 0.333. The molecule has 0 N–H and O–H groups in total. The van der Waals surface area contributed by atoms with Crippen molar-refractivity contribution < 1.29 is 4.79 Å². The van der Waals surface area contributed by atoms with E-state index >= 15 is 0 Å². The van der Waals surface area contributed by atoms with E-state index < -0.39 is 5.92 Å². The molecule has 0 aliphatic carbocycles. The Bertz CT molecular complexity index is 420. The van der Waals surface area contributed by atoms with E-state index in [0.717, 1.165) is 5.56 Å². The van der Waals surface area contributed by atoms with Gasteiger partial charge in [-0.05, 0) is 25.0 Å². The van der Waals surface area contributed by atoms with Gasteiger partial charge in [0.2, 0.25) is 0 Å². The van der Waals surface area contributed by atoms with Gasteiger partial charge in [-0.1, -0.05) is 30.7 Å². The van der Waals surface area contributed by atoms with Crippen LogP contribution in [0.5, 0.6) is 0 Å². The Hall–Kier alpha value is -1.33. The molecule has 2 nitrogen and oxygen atoms in total. The zero-order valence-electron chi connectivity index (χ0n) is 8.75. The van der Waals surface area contributed by atoms with E-state index in [0.29, 0.717) is 17.0 Å². The van der Waals surface area contributed by atoms with Gasteiger partial charge in [0.25, 0.3) is 0 Å². The van der Waals surface area contributed by atoms with Crippen LogP contribution in [0.2, 0.25) is 5.02 Å². The molecule has 0 heterocycles. The van der Waals surface area contributed by atoms with Crippen LogP contribution < -0.4 is 0 Å². The number of ketones is 1. The summed E-state index contributed by atoms with van der Waals surface area (Å²) >= 11 is 5.91. The minimum atomic E-state index is -0.567. The second kappa shape index (κ2) is 4.95. The van der Waals surface area contributed by atoms with E-state index in [4.69, 9.17) is 16.9 Å². The van der Waals surface area contributed by atoms with Gasteiger partial charge in [-0.2, -0.15) is 5.26 Å². The van der Waals surface area contributed by atoms with Gasteiger partial charge in [0.05, 0.1) is 6.07 Å². The maximum atomic E-state index is 11.9. The first-order chi connectivity index (χ1) is 7.11. The first kappa shape index (κ1) is 11.7. The van der Waals surface area contributed by atoms with E-state index in [-0.39, 0.29) is 5.78 Å². The fourth-order valence-corrected chi connectivity index (χ4v) is 1.57. The van der Waals surface area contributed by atoms with Gasteiger partial charge >= 0.3 is 0 Å². The van der Waals surface area contributed by atoms with E-state index in [2.05, 4.69) is 0 Å². The topological polar surface area (TPSA) is 40.9 Å². The molecule has 78 valence electrons. The van der Waals surface area contributed by atoms with Gasteiger partial charge in [0, 0.05) is 10.6 Å². The summed E-state index contributed by atoms with van der Waals surface area (Å²) in [4.78, 5) is 11.9. The molecule has 0 aliphatic heterocycles. The van der Waals surface area contributed by atoms with Crippen molar-refractivity contribution in [3.63, 3.8) is 0 Å². The molecule has 0 bridgehead atoms. The number of benzene rings is 1. The number of nitriles is 1. The molecular weight excluding hydrogens is 210 g/mol. The van der Waals surface area contributed by atoms with Crippen LogP contribution in [0.3, 0.4) is 0 Å². The first-order valence-electron chi connectivity index (χ1n) is 4.80. The fourth-order valence-electron chi connectivity index (χ4n) is 1.40. The third-order valence-electron chi connectivity index (χ3n) is 2.41. The molecule has 15 heavy (non-hydrogen) atoms.